The maximum absolute atomic E-state index is 10.4. The predicted octanol–water partition coefficient (Wildman–Crippen LogP) is 0.334. The summed E-state index contributed by atoms with van der Waals surface area (Å²) in [5.74, 6) is 0. The number of aliphatic hydroxyl groups excluding tert-OH is 1. The molecule has 0 fully saturated rings. The van der Waals surface area contributed by atoms with E-state index in [0.29, 0.717) is 18.5 Å². The third-order valence-electron chi connectivity index (χ3n) is 1.45. The van der Waals surface area contributed by atoms with Crippen LogP contribution in [0.2, 0.25) is 0 Å². The summed E-state index contributed by atoms with van der Waals surface area (Å²) >= 11 is 0. The predicted molar refractivity (Wildman–Crippen MR) is 41.1 cm³/mol. The summed E-state index contributed by atoms with van der Waals surface area (Å²) in [5, 5.41) is 17.0. The second-order valence-electron chi connectivity index (χ2n) is 2.38. The van der Waals surface area contributed by atoms with Crippen LogP contribution in [0, 0.1) is 0 Å². The Kier molecular flexibility index (Phi) is 2.82. The van der Waals surface area contributed by atoms with Crippen LogP contribution in [0.4, 0.5) is 4.79 Å². The lowest BCUT2D eigenvalue weighted by Crippen LogP contribution is -2.04. The third kappa shape index (κ3) is 2.06. The molecule has 0 aliphatic carbocycles. The Bertz CT molecular complexity index is 269. The number of carbonyl (C=O) groups is 1. The number of hydrogen-bond acceptors (Lipinski definition) is 3. The fourth-order valence-electron chi connectivity index (χ4n) is 0.857. The highest BCUT2D eigenvalue weighted by molar-refractivity contribution is 5.67. The summed E-state index contributed by atoms with van der Waals surface area (Å²) in [4.78, 5) is 14.2. The summed E-state index contributed by atoms with van der Waals surface area (Å²) in [6.45, 7) is 0.0972. The van der Waals surface area contributed by atoms with Gasteiger partial charge in [0.25, 0.3) is 0 Å². The minimum absolute atomic E-state index is 0.0972. The van der Waals surface area contributed by atoms with Gasteiger partial charge in [0.15, 0.2) is 0 Å². The third-order valence-corrected chi connectivity index (χ3v) is 1.45. The molecule has 0 aliphatic rings. The van der Waals surface area contributed by atoms with Gasteiger partial charge in [0.05, 0.1) is 5.69 Å². The van der Waals surface area contributed by atoms with Crippen LogP contribution in [0.1, 0.15) is 12.1 Å². The zero-order chi connectivity index (χ0) is 8.97. The summed E-state index contributed by atoms with van der Waals surface area (Å²) < 4.78 is 0.993. The number of imidazole rings is 1. The molecule has 5 heteroatoms. The van der Waals surface area contributed by atoms with Crippen molar-refractivity contribution in [1.29, 1.82) is 0 Å². The van der Waals surface area contributed by atoms with Crippen LogP contribution in [0.25, 0.3) is 0 Å². The lowest BCUT2D eigenvalue weighted by atomic mass is 10.3. The van der Waals surface area contributed by atoms with E-state index in [1.165, 1.54) is 12.5 Å². The molecule has 0 aliphatic heterocycles. The van der Waals surface area contributed by atoms with Gasteiger partial charge in [-0.05, 0) is 12.8 Å². The smallest absolute Gasteiger partial charge is 0.416 e. The molecular weight excluding hydrogens is 160 g/mol. The number of aryl methyl sites for hydroxylation is 1. The van der Waals surface area contributed by atoms with E-state index in [-0.39, 0.29) is 6.61 Å². The van der Waals surface area contributed by atoms with Gasteiger partial charge in [0.2, 0.25) is 0 Å². The van der Waals surface area contributed by atoms with E-state index in [0.717, 1.165) is 4.57 Å². The normalized spacial score (nSPS) is 10.1. The number of aromatic nitrogens is 2. The van der Waals surface area contributed by atoms with Gasteiger partial charge in [0.1, 0.15) is 6.33 Å². The van der Waals surface area contributed by atoms with Crippen LogP contribution >= 0.6 is 0 Å². The first-order valence-corrected chi connectivity index (χ1v) is 3.61. The van der Waals surface area contributed by atoms with Crippen molar-refractivity contribution in [3.63, 3.8) is 0 Å². The van der Waals surface area contributed by atoms with Gasteiger partial charge < -0.3 is 10.2 Å². The number of aliphatic hydroxyl groups is 1. The average Bonchev–Trinajstić information content (AvgIpc) is 2.48. The van der Waals surface area contributed by atoms with Gasteiger partial charge in [-0.25, -0.2) is 14.3 Å². The molecule has 0 spiro atoms. The molecule has 0 aromatic carbocycles. The van der Waals surface area contributed by atoms with Gasteiger partial charge in [-0.2, -0.15) is 0 Å². The topological polar surface area (TPSA) is 75.3 Å². The molecule has 0 saturated heterocycles. The maximum atomic E-state index is 10.4. The van der Waals surface area contributed by atoms with E-state index in [1.54, 1.807) is 0 Å². The molecule has 1 aromatic rings. The number of nitrogens with zero attached hydrogens (tertiary/aromatic N) is 2. The van der Waals surface area contributed by atoms with E-state index in [1.807, 2.05) is 0 Å². The van der Waals surface area contributed by atoms with Gasteiger partial charge in [-0.15, -0.1) is 0 Å². The van der Waals surface area contributed by atoms with Crippen LogP contribution in [-0.2, 0) is 6.42 Å². The Morgan fingerprint density at radius 2 is 2.42 bits per heavy atom. The number of hydrogen-bond donors (Lipinski definition) is 2. The average molecular weight is 170 g/mol. The lowest BCUT2D eigenvalue weighted by Gasteiger charge is -1.91. The van der Waals surface area contributed by atoms with Crippen molar-refractivity contribution in [2.75, 3.05) is 6.61 Å². The van der Waals surface area contributed by atoms with E-state index < -0.39 is 6.09 Å². The first-order valence-electron chi connectivity index (χ1n) is 3.61. The fraction of sp³-hybridized carbons (Fsp3) is 0.429. The first kappa shape index (κ1) is 8.73. The Hall–Kier alpha value is -1.36. The van der Waals surface area contributed by atoms with E-state index in [4.69, 9.17) is 10.2 Å². The lowest BCUT2D eigenvalue weighted by molar-refractivity contribution is 0.196. The summed E-state index contributed by atoms with van der Waals surface area (Å²) in [6.07, 6.45) is 2.86. The van der Waals surface area contributed by atoms with Crippen LogP contribution in [-0.4, -0.2) is 32.5 Å². The van der Waals surface area contributed by atoms with Crippen molar-refractivity contribution in [2.24, 2.45) is 0 Å². The standard InChI is InChI=1S/C7H10N2O3/c10-3-1-2-6-4-9(5-8-6)7(11)12/h4-5,10H,1-3H2,(H,11,12). The minimum Gasteiger partial charge on any atom is -0.464 e. The molecule has 5 nitrogen and oxygen atoms in total. The van der Waals surface area contributed by atoms with E-state index in [2.05, 4.69) is 4.98 Å². The second-order valence-corrected chi connectivity index (χ2v) is 2.38. The molecule has 12 heavy (non-hydrogen) atoms. The molecule has 0 saturated carbocycles. The molecule has 1 heterocycles. The molecule has 0 bridgehead atoms. The van der Waals surface area contributed by atoms with Crippen molar-refractivity contribution in [2.45, 2.75) is 12.8 Å². The molecule has 1 aromatic heterocycles. The van der Waals surface area contributed by atoms with Crippen LogP contribution in [0.5, 0.6) is 0 Å². The summed E-state index contributed by atoms with van der Waals surface area (Å²) in [5.41, 5.74) is 0.687. The first-order chi connectivity index (χ1) is 5.74. The summed E-state index contributed by atoms with van der Waals surface area (Å²) in [6, 6.07) is 0. The molecule has 2 N–H and O–H groups in total. The molecule has 0 radical (unpaired) electrons. The van der Waals surface area contributed by atoms with Crippen molar-refractivity contribution < 1.29 is 15.0 Å². The fourth-order valence-corrected chi connectivity index (χ4v) is 0.857. The largest absolute Gasteiger partial charge is 0.464 e. The highest BCUT2D eigenvalue weighted by Gasteiger charge is 2.02. The van der Waals surface area contributed by atoms with Crippen molar-refractivity contribution >= 4 is 6.09 Å². The van der Waals surface area contributed by atoms with Gasteiger partial charge in [-0.1, -0.05) is 0 Å². The number of rotatable bonds is 3. The maximum Gasteiger partial charge on any atom is 0.416 e. The van der Waals surface area contributed by atoms with Gasteiger partial charge in [0, 0.05) is 12.8 Å². The zero-order valence-corrected chi connectivity index (χ0v) is 6.47. The van der Waals surface area contributed by atoms with E-state index in [9.17, 15) is 4.79 Å². The SMILES string of the molecule is O=C(O)n1cnc(CCCO)c1. The van der Waals surface area contributed by atoms with Crippen LogP contribution in [0.15, 0.2) is 12.5 Å². The highest BCUT2D eigenvalue weighted by Crippen LogP contribution is 1.99. The Balaban J connectivity index is 2.58. The minimum atomic E-state index is -1.04. The molecule has 0 atom stereocenters. The molecule has 0 unspecified atom stereocenters. The molecule has 1 rings (SSSR count). The quantitative estimate of drug-likeness (QED) is 0.685. The highest BCUT2D eigenvalue weighted by atomic mass is 16.4. The Morgan fingerprint density at radius 3 is 2.92 bits per heavy atom. The zero-order valence-electron chi connectivity index (χ0n) is 6.47. The van der Waals surface area contributed by atoms with E-state index >= 15 is 0 Å². The summed E-state index contributed by atoms with van der Waals surface area (Å²) in [7, 11) is 0. The van der Waals surface area contributed by atoms with Crippen LogP contribution in [0.3, 0.4) is 0 Å². The second kappa shape index (κ2) is 3.87. The molecular formula is C7H10N2O3. The molecule has 0 amide bonds. The Labute approximate surface area is 69.3 Å². The van der Waals surface area contributed by atoms with Gasteiger partial charge in [-0.3, -0.25) is 0 Å². The van der Waals surface area contributed by atoms with Crippen molar-refractivity contribution in [3.05, 3.63) is 18.2 Å². The monoisotopic (exact) mass is 170 g/mol. The Morgan fingerprint density at radius 1 is 1.67 bits per heavy atom. The van der Waals surface area contributed by atoms with Crippen LogP contribution < -0.4 is 0 Å². The molecule has 66 valence electrons. The van der Waals surface area contributed by atoms with Gasteiger partial charge >= 0.3 is 6.09 Å². The number of carboxylic acid groups (broad SMARTS) is 1. The van der Waals surface area contributed by atoms with Crippen molar-refractivity contribution in [1.82, 2.24) is 9.55 Å². The van der Waals surface area contributed by atoms with Crippen molar-refractivity contribution in [3.8, 4) is 0 Å².